The molecule has 0 aliphatic rings. The molecule has 1 aromatic rings. The van der Waals surface area contributed by atoms with Crippen LogP contribution >= 0.6 is 0 Å². The highest BCUT2D eigenvalue weighted by atomic mass is 16.5. The Morgan fingerprint density at radius 3 is 2.45 bits per heavy atom. The molecule has 1 heterocycles. The average molecular weight is 154 g/mol. The third kappa shape index (κ3) is 1.43. The van der Waals surface area contributed by atoms with Gasteiger partial charge in [0.05, 0.1) is 5.69 Å². The number of hydrogen-bond donors (Lipinski definition) is 1. The number of hydrogen-bond acceptors (Lipinski definition) is 3. The summed E-state index contributed by atoms with van der Waals surface area (Å²) in [5.41, 5.74) is 2.15. The number of aryl methyl sites for hydroxylation is 2. The van der Waals surface area contributed by atoms with Crippen LogP contribution in [0, 0.1) is 13.8 Å². The Bertz CT molecular complexity index is 223. The van der Waals surface area contributed by atoms with Gasteiger partial charge in [-0.1, -0.05) is 5.16 Å². The van der Waals surface area contributed by atoms with Crippen molar-refractivity contribution in [3.63, 3.8) is 0 Å². The molecule has 3 heteroatoms. The van der Waals surface area contributed by atoms with Crippen molar-refractivity contribution >= 4 is 0 Å². The Morgan fingerprint density at radius 1 is 1.45 bits per heavy atom. The molecule has 0 amide bonds. The van der Waals surface area contributed by atoms with Crippen LogP contribution in [-0.4, -0.2) is 12.2 Å². The van der Waals surface area contributed by atoms with Gasteiger partial charge in [0.1, 0.15) is 5.76 Å². The van der Waals surface area contributed by atoms with Gasteiger partial charge in [-0.3, -0.25) is 0 Å². The highest BCUT2D eigenvalue weighted by Crippen LogP contribution is 2.19. The van der Waals surface area contributed by atoms with Gasteiger partial charge < -0.3 is 9.84 Å². The van der Waals surface area contributed by atoms with Gasteiger partial charge >= 0.3 is 0 Å². The van der Waals surface area contributed by atoms with Crippen molar-refractivity contribution < 1.29 is 4.52 Å². The molecule has 3 nitrogen and oxygen atoms in total. The number of aromatic nitrogens is 1. The molecule has 1 N–H and O–H groups in total. The summed E-state index contributed by atoms with van der Waals surface area (Å²) < 4.78 is 5.03. The van der Waals surface area contributed by atoms with Crippen molar-refractivity contribution in [1.29, 1.82) is 0 Å². The van der Waals surface area contributed by atoms with E-state index < -0.39 is 0 Å². The number of rotatable bonds is 2. The van der Waals surface area contributed by atoms with Crippen LogP contribution in [0.3, 0.4) is 0 Å². The summed E-state index contributed by atoms with van der Waals surface area (Å²) in [5, 5.41) is 7.02. The molecule has 1 rings (SSSR count). The second kappa shape index (κ2) is 3.05. The van der Waals surface area contributed by atoms with Crippen LogP contribution in [0.25, 0.3) is 0 Å². The third-order valence-electron chi connectivity index (χ3n) is 1.95. The van der Waals surface area contributed by atoms with E-state index in [9.17, 15) is 0 Å². The van der Waals surface area contributed by atoms with E-state index in [4.69, 9.17) is 4.52 Å². The maximum absolute atomic E-state index is 5.03. The monoisotopic (exact) mass is 154 g/mol. The summed E-state index contributed by atoms with van der Waals surface area (Å²) in [6, 6.07) is 0.321. The van der Waals surface area contributed by atoms with Gasteiger partial charge in [0, 0.05) is 11.6 Å². The minimum atomic E-state index is 0.321. The van der Waals surface area contributed by atoms with E-state index >= 15 is 0 Å². The molecule has 1 aromatic heterocycles. The Kier molecular flexibility index (Phi) is 2.29. The largest absolute Gasteiger partial charge is 0.361 e. The molecule has 0 saturated carbocycles. The van der Waals surface area contributed by atoms with E-state index in [-0.39, 0.29) is 0 Å². The predicted octanol–water partition coefficient (Wildman–Crippen LogP) is 1.57. The minimum Gasteiger partial charge on any atom is -0.361 e. The topological polar surface area (TPSA) is 38.1 Å². The zero-order valence-electron chi connectivity index (χ0n) is 7.43. The second-order valence-electron chi connectivity index (χ2n) is 2.75. The first kappa shape index (κ1) is 8.27. The molecular formula is C8H14N2O. The van der Waals surface area contributed by atoms with E-state index in [1.807, 2.05) is 20.9 Å². The van der Waals surface area contributed by atoms with E-state index in [0.29, 0.717) is 6.04 Å². The molecule has 0 saturated heterocycles. The second-order valence-corrected chi connectivity index (χ2v) is 2.75. The molecule has 11 heavy (non-hydrogen) atoms. The Morgan fingerprint density at radius 2 is 2.09 bits per heavy atom. The fourth-order valence-corrected chi connectivity index (χ4v) is 1.25. The van der Waals surface area contributed by atoms with E-state index in [0.717, 1.165) is 11.5 Å². The Labute approximate surface area is 66.8 Å². The molecule has 0 aliphatic heterocycles. The Balaban J connectivity index is 3.00. The molecule has 0 radical (unpaired) electrons. The summed E-state index contributed by atoms with van der Waals surface area (Å²) >= 11 is 0. The first-order valence-corrected chi connectivity index (χ1v) is 3.77. The van der Waals surface area contributed by atoms with Crippen LogP contribution in [-0.2, 0) is 0 Å². The lowest BCUT2D eigenvalue weighted by Gasteiger charge is -2.08. The first-order valence-electron chi connectivity index (χ1n) is 3.77. The predicted molar refractivity (Wildman–Crippen MR) is 43.5 cm³/mol. The van der Waals surface area contributed by atoms with Crippen molar-refractivity contribution in [3.05, 3.63) is 17.0 Å². The quantitative estimate of drug-likeness (QED) is 0.702. The van der Waals surface area contributed by atoms with Crippen molar-refractivity contribution in [2.75, 3.05) is 7.05 Å². The first-order chi connectivity index (χ1) is 5.16. The van der Waals surface area contributed by atoms with Gasteiger partial charge in [0.25, 0.3) is 0 Å². The number of nitrogens with zero attached hydrogens (tertiary/aromatic N) is 1. The molecule has 0 fully saturated rings. The van der Waals surface area contributed by atoms with Gasteiger partial charge in [0.15, 0.2) is 0 Å². The lowest BCUT2D eigenvalue weighted by Crippen LogP contribution is -2.13. The molecule has 1 unspecified atom stereocenters. The lowest BCUT2D eigenvalue weighted by atomic mass is 10.1. The fourth-order valence-electron chi connectivity index (χ4n) is 1.25. The zero-order chi connectivity index (χ0) is 8.43. The SMILES string of the molecule is CNC(C)c1c(C)noc1C. The van der Waals surface area contributed by atoms with Crippen molar-refractivity contribution in [1.82, 2.24) is 10.5 Å². The smallest absolute Gasteiger partial charge is 0.138 e. The lowest BCUT2D eigenvalue weighted by molar-refractivity contribution is 0.391. The van der Waals surface area contributed by atoms with Crippen molar-refractivity contribution in [3.8, 4) is 0 Å². The van der Waals surface area contributed by atoms with Crippen LogP contribution in [0.4, 0.5) is 0 Å². The molecule has 62 valence electrons. The van der Waals surface area contributed by atoms with E-state index in [1.54, 1.807) is 0 Å². The molecule has 0 aliphatic carbocycles. The summed E-state index contributed by atoms with van der Waals surface area (Å²) in [7, 11) is 1.93. The van der Waals surface area contributed by atoms with Crippen LogP contribution in [0.15, 0.2) is 4.52 Å². The fraction of sp³-hybridized carbons (Fsp3) is 0.625. The summed E-state index contributed by atoms with van der Waals surface area (Å²) in [6.07, 6.45) is 0. The van der Waals surface area contributed by atoms with Crippen LogP contribution in [0.1, 0.15) is 30.0 Å². The number of nitrogens with one attached hydrogen (secondary N) is 1. The zero-order valence-corrected chi connectivity index (χ0v) is 7.43. The third-order valence-corrected chi connectivity index (χ3v) is 1.95. The van der Waals surface area contributed by atoms with Gasteiger partial charge in [-0.2, -0.15) is 0 Å². The van der Waals surface area contributed by atoms with Gasteiger partial charge in [0.2, 0.25) is 0 Å². The molecule has 0 bridgehead atoms. The van der Waals surface area contributed by atoms with Crippen LogP contribution < -0.4 is 5.32 Å². The maximum Gasteiger partial charge on any atom is 0.138 e. The highest BCUT2D eigenvalue weighted by molar-refractivity contribution is 5.24. The van der Waals surface area contributed by atoms with Gasteiger partial charge in [-0.15, -0.1) is 0 Å². The van der Waals surface area contributed by atoms with Gasteiger partial charge in [-0.05, 0) is 27.8 Å². The van der Waals surface area contributed by atoms with Crippen molar-refractivity contribution in [2.45, 2.75) is 26.8 Å². The maximum atomic E-state index is 5.03. The highest BCUT2D eigenvalue weighted by Gasteiger charge is 2.13. The molecule has 0 aromatic carbocycles. The van der Waals surface area contributed by atoms with E-state index in [2.05, 4.69) is 17.4 Å². The van der Waals surface area contributed by atoms with Gasteiger partial charge in [-0.25, -0.2) is 0 Å². The van der Waals surface area contributed by atoms with Crippen molar-refractivity contribution in [2.24, 2.45) is 0 Å². The normalized spacial score (nSPS) is 13.5. The molecular weight excluding hydrogens is 140 g/mol. The summed E-state index contributed by atoms with van der Waals surface area (Å²) in [4.78, 5) is 0. The van der Waals surface area contributed by atoms with Crippen LogP contribution in [0.5, 0.6) is 0 Å². The Hall–Kier alpha value is -0.830. The van der Waals surface area contributed by atoms with Crippen LogP contribution in [0.2, 0.25) is 0 Å². The average Bonchev–Trinajstić information content (AvgIpc) is 2.30. The summed E-state index contributed by atoms with van der Waals surface area (Å²) in [5.74, 6) is 0.907. The minimum absolute atomic E-state index is 0.321. The van der Waals surface area contributed by atoms with E-state index in [1.165, 1.54) is 5.56 Å². The molecule has 0 spiro atoms. The standard InChI is InChI=1S/C8H14N2O/c1-5(9-4)8-6(2)10-11-7(8)3/h5,9H,1-4H3. The summed E-state index contributed by atoms with van der Waals surface area (Å²) in [6.45, 7) is 5.98. The molecule has 1 atom stereocenters.